The Bertz CT molecular complexity index is 1140. The van der Waals surface area contributed by atoms with Crippen molar-refractivity contribution in [3.05, 3.63) is 35.5 Å². The summed E-state index contributed by atoms with van der Waals surface area (Å²) >= 11 is 1.19. The first-order valence-corrected chi connectivity index (χ1v) is 11.2. The van der Waals surface area contributed by atoms with Crippen molar-refractivity contribution in [2.24, 2.45) is 5.92 Å². The van der Waals surface area contributed by atoms with Crippen molar-refractivity contribution in [2.75, 3.05) is 25.5 Å². The van der Waals surface area contributed by atoms with Crippen molar-refractivity contribution in [1.29, 1.82) is 0 Å². The topological polar surface area (TPSA) is 109 Å². The number of hydrogen-bond acceptors (Lipinski definition) is 7. The summed E-state index contributed by atoms with van der Waals surface area (Å²) in [4.78, 5) is 42.6. The number of anilines is 1. The monoisotopic (exact) mass is 453 g/mol. The van der Waals surface area contributed by atoms with Crippen molar-refractivity contribution in [3.8, 4) is 22.4 Å². The molecule has 4 rings (SSSR count). The molecule has 32 heavy (non-hydrogen) atoms. The molecular weight excluding hydrogens is 430 g/mol. The van der Waals surface area contributed by atoms with Crippen molar-refractivity contribution >= 4 is 34.1 Å². The lowest BCUT2D eigenvalue weighted by molar-refractivity contribution is -0.137. The minimum Gasteiger partial charge on any atom is -0.461 e. The average Bonchev–Trinajstić information content (AvgIpc) is 3.51. The number of carbonyl (C=O) groups excluding carboxylic acids is 3. The molecule has 0 spiro atoms. The van der Waals surface area contributed by atoms with E-state index in [2.05, 4.69) is 22.1 Å². The molecule has 0 radical (unpaired) electrons. The zero-order valence-electron chi connectivity index (χ0n) is 17.8. The molecule has 2 aromatic rings. The van der Waals surface area contributed by atoms with E-state index in [4.69, 9.17) is 4.74 Å². The Kier molecular flexibility index (Phi) is 6.00. The second-order valence-corrected chi connectivity index (χ2v) is 8.85. The van der Waals surface area contributed by atoms with Gasteiger partial charge in [-0.2, -0.15) is 0 Å². The van der Waals surface area contributed by atoms with E-state index in [-0.39, 0.29) is 30.5 Å². The van der Waals surface area contributed by atoms with Crippen LogP contribution in [0, 0.1) is 17.8 Å². The number of amides is 2. The van der Waals surface area contributed by atoms with Crippen LogP contribution in [0.2, 0.25) is 0 Å². The van der Waals surface area contributed by atoms with Crippen molar-refractivity contribution in [3.63, 3.8) is 0 Å². The summed E-state index contributed by atoms with van der Waals surface area (Å²) in [6, 6.07) is 7.12. The Labute approximate surface area is 189 Å². The summed E-state index contributed by atoms with van der Waals surface area (Å²) in [6.45, 7) is 2.36. The molecular formula is C23H23N3O5S. The third-order valence-corrected chi connectivity index (χ3v) is 6.33. The van der Waals surface area contributed by atoms with Crippen LogP contribution in [0.4, 0.5) is 5.00 Å². The number of likely N-dealkylation sites (tertiary alicyclic amines) is 1. The zero-order chi connectivity index (χ0) is 22.9. The molecule has 1 saturated carbocycles. The van der Waals surface area contributed by atoms with Crippen LogP contribution in [-0.4, -0.2) is 58.6 Å². The van der Waals surface area contributed by atoms with Crippen molar-refractivity contribution < 1.29 is 24.2 Å². The van der Waals surface area contributed by atoms with E-state index in [0.717, 1.165) is 12.8 Å². The Morgan fingerprint density at radius 1 is 1.41 bits per heavy atom. The predicted molar refractivity (Wildman–Crippen MR) is 119 cm³/mol. The summed E-state index contributed by atoms with van der Waals surface area (Å²) in [5, 5.41) is 14.2. The van der Waals surface area contributed by atoms with Gasteiger partial charge in [-0.3, -0.25) is 9.59 Å². The van der Waals surface area contributed by atoms with Gasteiger partial charge in [0.05, 0.1) is 6.61 Å². The number of hydrogen-bond donors (Lipinski definition) is 2. The second-order valence-electron chi connectivity index (χ2n) is 7.85. The third kappa shape index (κ3) is 4.52. The summed E-state index contributed by atoms with van der Waals surface area (Å²) in [6.07, 6.45) is 1.95. The molecule has 0 unspecified atom stereocenters. The van der Waals surface area contributed by atoms with Gasteiger partial charge in [0, 0.05) is 37.1 Å². The molecule has 1 aliphatic carbocycles. The van der Waals surface area contributed by atoms with Crippen LogP contribution in [0.3, 0.4) is 0 Å². The highest BCUT2D eigenvalue weighted by Gasteiger charge is 2.42. The van der Waals surface area contributed by atoms with E-state index in [9.17, 15) is 19.5 Å². The first-order valence-electron chi connectivity index (χ1n) is 10.4. The number of esters is 1. The first kappa shape index (κ1) is 22.0. The molecule has 2 N–H and O–H groups in total. The Hall–Kier alpha value is -3.22. The van der Waals surface area contributed by atoms with Gasteiger partial charge in [0.25, 0.3) is 5.91 Å². The number of aromatic nitrogens is 1. The van der Waals surface area contributed by atoms with E-state index in [1.54, 1.807) is 32.2 Å². The molecule has 1 saturated heterocycles. The summed E-state index contributed by atoms with van der Waals surface area (Å²) in [7, 11) is 1.63. The van der Waals surface area contributed by atoms with Crippen LogP contribution >= 0.6 is 11.3 Å². The van der Waals surface area contributed by atoms with Gasteiger partial charge in [0.2, 0.25) is 11.5 Å². The first-order chi connectivity index (χ1) is 15.3. The normalized spacial score (nSPS) is 20.0. The maximum absolute atomic E-state index is 12.4. The van der Waals surface area contributed by atoms with Crippen molar-refractivity contribution in [2.45, 2.75) is 31.8 Å². The van der Waals surface area contributed by atoms with Crippen LogP contribution in [0.1, 0.15) is 42.2 Å². The number of nitrogens with one attached hydrogen (secondary N) is 1. The van der Waals surface area contributed by atoms with Gasteiger partial charge < -0.3 is 20.1 Å². The van der Waals surface area contributed by atoms with Crippen molar-refractivity contribution in [1.82, 2.24) is 9.88 Å². The SMILES string of the molecule is CCOC(=O)c1nc(-c2cccc(C#C[C@]3(O)CCN(C)C3=O)c2)sc1NC(=O)C1CC1. The Morgan fingerprint density at radius 2 is 2.19 bits per heavy atom. The smallest absolute Gasteiger partial charge is 0.360 e. The molecule has 1 aliphatic heterocycles. The average molecular weight is 454 g/mol. The fraction of sp³-hybridized carbons (Fsp3) is 0.391. The van der Waals surface area contributed by atoms with Gasteiger partial charge in [0.1, 0.15) is 10.0 Å². The van der Waals surface area contributed by atoms with E-state index >= 15 is 0 Å². The quantitative estimate of drug-likeness (QED) is 0.531. The number of ether oxygens (including phenoxy) is 1. The van der Waals surface area contributed by atoms with Gasteiger partial charge in [-0.15, -0.1) is 0 Å². The fourth-order valence-electron chi connectivity index (χ4n) is 3.30. The number of rotatable bonds is 5. The highest BCUT2D eigenvalue weighted by atomic mass is 32.1. The third-order valence-electron chi connectivity index (χ3n) is 5.31. The van der Waals surface area contributed by atoms with E-state index in [1.807, 2.05) is 6.07 Å². The van der Waals surface area contributed by atoms with Crippen LogP contribution in [0.25, 0.3) is 10.6 Å². The molecule has 2 fully saturated rings. The standard InChI is InChI=1S/C23H23N3O5S/c1-3-31-21(28)17-20(25-18(27)15-7-8-15)32-19(24-17)16-6-4-5-14(13-16)9-10-23(30)11-12-26(2)22(23)29/h4-6,13,15,30H,3,7-8,11-12H2,1-2H3,(H,25,27)/t23-/m0/s1. The number of likely N-dealkylation sites (N-methyl/N-ethyl adjacent to an activating group) is 1. The lowest BCUT2D eigenvalue weighted by Gasteiger charge is -2.13. The lowest BCUT2D eigenvalue weighted by atomic mass is 10.0. The molecule has 166 valence electrons. The van der Waals surface area contributed by atoms with Gasteiger partial charge in [-0.05, 0) is 31.9 Å². The summed E-state index contributed by atoms with van der Waals surface area (Å²) in [5.41, 5.74) is -0.314. The molecule has 2 amide bonds. The van der Waals surface area contributed by atoms with E-state index in [0.29, 0.717) is 27.7 Å². The molecule has 1 aromatic heterocycles. The zero-order valence-corrected chi connectivity index (χ0v) is 18.6. The Balaban J connectivity index is 1.62. The van der Waals surface area contributed by atoms with Crippen LogP contribution in [0.5, 0.6) is 0 Å². The number of benzene rings is 1. The minimum atomic E-state index is -1.68. The van der Waals surface area contributed by atoms with Crippen LogP contribution in [-0.2, 0) is 14.3 Å². The molecule has 1 atom stereocenters. The molecule has 2 aliphatic rings. The lowest BCUT2D eigenvalue weighted by Crippen LogP contribution is -2.37. The molecule has 1 aromatic carbocycles. The second kappa shape index (κ2) is 8.73. The maximum atomic E-state index is 12.4. The number of thiazole rings is 1. The highest BCUT2D eigenvalue weighted by molar-refractivity contribution is 7.19. The minimum absolute atomic E-state index is 0.0163. The molecule has 9 heteroatoms. The van der Waals surface area contributed by atoms with Gasteiger partial charge in [-0.25, -0.2) is 9.78 Å². The maximum Gasteiger partial charge on any atom is 0.360 e. The van der Waals surface area contributed by atoms with E-state index in [1.165, 1.54) is 16.2 Å². The predicted octanol–water partition coefficient (Wildman–Crippen LogP) is 2.28. The van der Waals surface area contributed by atoms with Crippen LogP contribution in [0.15, 0.2) is 24.3 Å². The van der Waals surface area contributed by atoms with E-state index < -0.39 is 17.5 Å². The fourth-order valence-corrected chi connectivity index (χ4v) is 4.25. The molecule has 0 bridgehead atoms. The number of nitrogens with zero attached hydrogens (tertiary/aromatic N) is 2. The molecule has 2 heterocycles. The summed E-state index contributed by atoms with van der Waals surface area (Å²) in [5.74, 6) is 4.44. The highest BCUT2D eigenvalue weighted by Crippen LogP contribution is 2.36. The largest absolute Gasteiger partial charge is 0.461 e. The van der Waals surface area contributed by atoms with Gasteiger partial charge >= 0.3 is 5.97 Å². The summed E-state index contributed by atoms with van der Waals surface area (Å²) < 4.78 is 5.09. The van der Waals surface area contributed by atoms with Gasteiger partial charge in [-0.1, -0.05) is 35.3 Å². The number of carbonyl (C=O) groups is 3. The molecule has 8 nitrogen and oxygen atoms in total. The van der Waals surface area contributed by atoms with Crippen LogP contribution < -0.4 is 5.32 Å². The Morgan fingerprint density at radius 3 is 2.84 bits per heavy atom. The van der Waals surface area contributed by atoms with Gasteiger partial charge in [0.15, 0.2) is 5.69 Å². The number of aliphatic hydroxyl groups is 1.